The molecule has 1 unspecified atom stereocenters. The molecule has 2 aromatic heterocycles. The molecule has 0 aliphatic carbocycles. The first kappa shape index (κ1) is 12.0. The van der Waals surface area contributed by atoms with Gasteiger partial charge >= 0.3 is 0 Å². The maximum Gasteiger partial charge on any atom is 0.155 e. The van der Waals surface area contributed by atoms with Gasteiger partial charge in [-0.25, -0.2) is 9.50 Å². The van der Waals surface area contributed by atoms with Crippen molar-refractivity contribution in [2.45, 2.75) is 37.5 Å². The summed E-state index contributed by atoms with van der Waals surface area (Å²) in [5, 5.41) is 5.23. The molecule has 18 heavy (non-hydrogen) atoms. The molecule has 1 aliphatic rings. The lowest BCUT2D eigenvalue weighted by Gasteiger charge is -2.19. The predicted molar refractivity (Wildman–Crippen MR) is 74.7 cm³/mol. The van der Waals surface area contributed by atoms with Crippen LogP contribution in [0.1, 0.15) is 30.7 Å². The first-order chi connectivity index (χ1) is 8.85. The second-order valence-electron chi connectivity index (χ2n) is 4.76. The summed E-state index contributed by atoms with van der Waals surface area (Å²) in [7, 11) is 0. The normalized spacial score (nSPS) is 20.4. The molecule has 2 N–H and O–H groups in total. The Kier molecular flexibility index (Phi) is 3.52. The van der Waals surface area contributed by atoms with E-state index in [1.807, 2.05) is 22.8 Å². The molecule has 1 fully saturated rings. The van der Waals surface area contributed by atoms with Gasteiger partial charge in [0.2, 0.25) is 0 Å². The molecule has 0 radical (unpaired) electrons. The molecule has 3 heterocycles. The van der Waals surface area contributed by atoms with Crippen LogP contribution in [0.15, 0.2) is 18.3 Å². The van der Waals surface area contributed by atoms with Crippen LogP contribution < -0.4 is 5.73 Å². The Morgan fingerprint density at radius 3 is 3.17 bits per heavy atom. The molecule has 2 aromatic rings. The van der Waals surface area contributed by atoms with Crippen molar-refractivity contribution in [3.8, 4) is 0 Å². The second-order valence-corrected chi connectivity index (χ2v) is 6.17. The van der Waals surface area contributed by atoms with Crippen LogP contribution in [0.4, 0.5) is 0 Å². The van der Waals surface area contributed by atoms with Crippen molar-refractivity contribution < 1.29 is 0 Å². The molecule has 0 bridgehead atoms. The van der Waals surface area contributed by atoms with Gasteiger partial charge in [-0.1, -0.05) is 6.42 Å². The molecule has 4 nitrogen and oxygen atoms in total. The average Bonchev–Trinajstić information content (AvgIpc) is 2.80. The Morgan fingerprint density at radius 1 is 1.44 bits per heavy atom. The summed E-state index contributed by atoms with van der Waals surface area (Å²) in [6.45, 7) is 0.553. The van der Waals surface area contributed by atoms with Gasteiger partial charge in [0.05, 0.1) is 0 Å². The van der Waals surface area contributed by atoms with Crippen LogP contribution in [0, 0.1) is 0 Å². The van der Waals surface area contributed by atoms with Gasteiger partial charge in [-0.15, -0.1) is 0 Å². The van der Waals surface area contributed by atoms with E-state index in [-0.39, 0.29) is 0 Å². The highest BCUT2D eigenvalue weighted by Crippen LogP contribution is 2.27. The molecule has 1 aliphatic heterocycles. The Balaban J connectivity index is 1.79. The van der Waals surface area contributed by atoms with Crippen LogP contribution in [0.25, 0.3) is 5.65 Å². The van der Waals surface area contributed by atoms with Crippen LogP contribution >= 0.6 is 11.8 Å². The number of pyridine rings is 1. The maximum atomic E-state index is 5.64. The van der Waals surface area contributed by atoms with Crippen molar-refractivity contribution in [1.29, 1.82) is 0 Å². The molecule has 1 atom stereocenters. The lowest BCUT2D eigenvalue weighted by Crippen LogP contribution is -2.13. The minimum Gasteiger partial charge on any atom is -0.326 e. The minimum absolute atomic E-state index is 0.553. The van der Waals surface area contributed by atoms with Crippen molar-refractivity contribution in [3.63, 3.8) is 0 Å². The highest BCUT2D eigenvalue weighted by molar-refractivity contribution is 7.99. The first-order valence-corrected chi connectivity index (χ1v) is 7.56. The summed E-state index contributed by atoms with van der Waals surface area (Å²) in [5.74, 6) is 2.25. The molecule has 96 valence electrons. The number of rotatable bonds is 3. The van der Waals surface area contributed by atoms with Crippen molar-refractivity contribution in [2.75, 3.05) is 5.75 Å². The fraction of sp³-hybridized carbons (Fsp3) is 0.538. The molecule has 0 amide bonds. The fourth-order valence-corrected chi connectivity index (χ4v) is 3.66. The zero-order valence-corrected chi connectivity index (χ0v) is 11.2. The van der Waals surface area contributed by atoms with Crippen molar-refractivity contribution in [2.24, 2.45) is 5.73 Å². The summed E-state index contributed by atoms with van der Waals surface area (Å²) in [5.41, 5.74) is 7.65. The molecule has 1 saturated heterocycles. The summed E-state index contributed by atoms with van der Waals surface area (Å²) in [6.07, 6.45) is 6.95. The van der Waals surface area contributed by atoms with Gasteiger partial charge < -0.3 is 5.73 Å². The third-order valence-corrected chi connectivity index (χ3v) is 4.76. The Morgan fingerprint density at radius 2 is 2.39 bits per heavy atom. The topological polar surface area (TPSA) is 56.2 Å². The van der Waals surface area contributed by atoms with E-state index in [0.29, 0.717) is 11.8 Å². The van der Waals surface area contributed by atoms with Gasteiger partial charge in [0, 0.05) is 24.4 Å². The van der Waals surface area contributed by atoms with Crippen LogP contribution in [0.5, 0.6) is 0 Å². The minimum atomic E-state index is 0.553. The molecule has 0 spiro atoms. The van der Waals surface area contributed by atoms with Gasteiger partial charge in [0.1, 0.15) is 0 Å². The lowest BCUT2D eigenvalue weighted by molar-refractivity contribution is 0.647. The van der Waals surface area contributed by atoms with E-state index in [1.165, 1.54) is 25.0 Å². The van der Waals surface area contributed by atoms with Gasteiger partial charge in [0.25, 0.3) is 0 Å². The van der Waals surface area contributed by atoms with Gasteiger partial charge in [0.15, 0.2) is 11.5 Å². The number of nitrogens with two attached hydrogens (primary N) is 1. The van der Waals surface area contributed by atoms with Gasteiger partial charge in [-0.05, 0) is 36.3 Å². The van der Waals surface area contributed by atoms with Gasteiger partial charge in [-0.3, -0.25) is 0 Å². The largest absolute Gasteiger partial charge is 0.326 e. The lowest BCUT2D eigenvalue weighted by atomic mass is 10.1. The number of fused-ring (bicyclic) bond motifs is 1. The second kappa shape index (κ2) is 5.28. The third kappa shape index (κ3) is 2.52. The Labute approximate surface area is 111 Å². The third-order valence-electron chi connectivity index (χ3n) is 3.37. The first-order valence-electron chi connectivity index (χ1n) is 6.51. The predicted octanol–water partition coefficient (Wildman–Crippen LogP) is 2.02. The summed E-state index contributed by atoms with van der Waals surface area (Å²) in [4.78, 5) is 4.60. The summed E-state index contributed by atoms with van der Waals surface area (Å²) >= 11 is 2.07. The Bertz CT molecular complexity index is 531. The monoisotopic (exact) mass is 262 g/mol. The van der Waals surface area contributed by atoms with Crippen LogP contribution in [0.2, 0.25) is 0 Å². The number of nitrogens with zero attached hydrogens (tertiary/aromatic N) is 3. The zero-order chi connectivity index (χ0) is 12.4. The smallest absolute Gasteiger partial charge is 0.155 e. The van der Waals surface area contributed by atoms with Gasteiger partial charge in [-0.2, -0.15) is 16.9 Å². The van der Waals surface area contributed by atoms with Crippen molar-refractivity contribution in [3.05, 3.63) is 29.7 Å². The van der Waals surface area contributed by atoms with Crippen molar-refractivity contribution in [1.82, 2.24) is 14.6 Å². The molecular weight excluding hydrogens is 244 g/mol. The highest BCUT2D eigenvalue weighted by atomic mass is 32.2. The standard InChI is InChI=1S/C13H18N4S/c14-9-10-4-5-17-13(7-10)15-12(16-17)8-11-3-1-2-6-18-11/h4-5,7,11H,1-3,6,8-9,14H2. The van der Waals surface area contributed by atoms with Crippen LogP contribution in [-0.4, -0.2) is 25.6 Å². The average molecular weight is 262 g/mol. The van der Waals surface area contributed by atoms with E-state index >= 15 is 0 Å². The number of thioether (sulfide) groups is 1. The van der Waals surface area contributed by atoms with Crippen LogP contribution in [-0.2, 0) is 13.0 Å². The molecule has 0 saturated carbocycles. The number of hydrogen-bond acceptors (Lipinski definition) is 4. The fourth-order valence-electron chi connectivity index (χ4n) is 2.36. The number of hydrogen-bond donors (Lipinski definition) is 1. The summed E-state index contributed by atoms with van der Waals surface area (Å²) in [6, 6.07) is 4.02. The zero-order valence-electron chi connectivity index (χ0n) is 10.4. The molecular formula is C13H18N4S. The molecule has 5 heteroatoms. The molecule has 0 aromatic carbocycles. The van der Waals surface area contributed by atoms with Crippen LogP contribution in [0.3, 0.4) is 0 Å². The van der Waals surface area contributed by atoms with Crippen molar-refractivity contribution >= 4 is 17.4 Å². The van der Waals surface area contributed by atoms with E-state index in [9.17, 15) is 0 Å². The highest BCUT2D eigenvalue weighted by Gasteiger charge is 2.16. The molecule has 3 rings (SSSR count). The summed E-state index contributed by atoms with van der Waals surface area (Å²) < 4.78 is 1.85. The van der Waals surface area contributed by atoms with E-state index in [2.05, 4.69) is 21.8 Å². The van der Waals surface area contributed by atoms with E-state index < -0.39 is 0 Å². The van der Waals surface area contributed by atoms with E-state index in [4.69, 9.17) is 5.73 Å². The Hall–Kier alpha value is -1.07. The number of aromatic nitrogens is 3. The quantitative estimate of drug-likeness (QED) is 0.919. The maximum absolute atomic E-state index is 5.64. The SMILES string of the molecule is NCc1ccn2nc(CC3CCCCS3)nc2c1. The van der Waals surface area contributed by atoms with E-state index in [1.54, 1.807) is 0 Å². The van der Waals surface area contributed by atoms with E-state index in [0.717, 1.165) is 23.5 Å².